The summed E-state index contributed by atoms with van der Waals surface area (Å²) >= 11 is 5.65. The zero-order chi connectivity index (χ0) is 21.5. The minimum Gasteiger partial charge on any atom is -0.488 e. The molecule has 0 bridgehead atoms. The van der Waals surface area contributed by atoms with Gasteiger partial charge in [-0.25, -0.2) is 13.8 Å². The molecule has 30 heavy (non-hydrogen) atoms. The number of fused-ring (bicyclic) bond motifs is 1. The Hall–Kier alpha value is -2.75. The molecule has 2 aromatic carbocycles. The van der Waals surface area contributed by atoms with Crippen LogP contribution in [0.5, 0.6) is 5.75 Å². The number of aliphatic hydroxyl groups excluding tert-OH is 1. The van der Waals surface area contributed by atoms with Crippen LogP contribution in [0.2, 0.25) is 5.02 Å². The van der Waals surface area contributed by atoms with Gasteiger partial charge in [0.25, 0.3) is 5.56 Å². The maximum atomic E-state index is 14.2. The summed E-state index contributed by atoms with van der Waals surface area (Å²) in [6.45, 7) is -0.413. The molecule has 0 spiro atoms. The van der Waals surface area contributed by atoms with Crippen molar-refractivity contribution in [2.24, 2.45) is 0 Å². The molecule has 0 unspecified atom stereocenters. The third-order valence-corrected chi connectivity index (χ3v) is 5.45. The van der Waals surface area contributed by atoms with Gasteiger partial charge in [0, 0.05) is 18.1 Å². The van der Waals surface area contributed by atoms with Crippen LogP contribution in [0.25, 0.3) is 10.9 Å². The fraction of sp³-hybridized carbons (Fsp3) is 0.300. The molecule has 158 valence electrons. The van der Waals surface area contributed by atoms with E-state index in [1.165, 1.54) is 11.2 Å². The number of para-hydroxylation sites is 1. The van der Waals surface area contributed by atoms with Gasteiger partial charge in [-0.2, -0.15) is 0 Å². The first-order valence-electron chi connectivity index (χ1n) is 9.17. The van der Waals surface area contributed by atoms with E-state index >= 15 is 0 Å². The van der Waals surface area contributed by atoms with Gasteiger partial charge in [0.05, 0.1) is 11.7 Å². The van der Waals surface area contributed by atoms with Gasteiger partial charge in [0.2, 0.25) is 0 Å². The minimum absolute atomic E-state index is 0.00550. The Morgan fingerprint density at radius 3 is 2.77 bits per heavy atom. The lowest BCUT2D eigenvalue weighted by atomic mass is 9.89. The number of nitrogens with one attached hydrogen (secondary N) is 1. The van der Waals surface area contributed by atoms with E-state index in [1.807, 2.05) is 0 Å². The molecule has 4 rings (SSSR count). The second-order valence-electron chi connectivity index (χ2n) is 7.21. The number of nitrogens with zero attached hydrogens (tertiary/aromatic N) is 2. The Morgan fingerprint density at radius 2 is 2.07 bits per heavy atom. The van der Waals surface area contributed by atoms with Gasteiger partial charge in [-0.15, -0.1) is 0 Å². The second kappa shape index (κ2) is 7.82. The molecule has 2 heterocycles. The summed E-state index contributed by atoms with van der Waals surface area (Å²) < 4.78 is 34.1. The number of H-pyrrole nitrogens is 1. The van der Waals surface area contributed by atoms with Crippen LogP contribution >= 0.6 is 11.6 Å². The van der Waals surface area contributed by atoms with Crippen molar-refractivity contribution in [1.82, 2.24) is 9.97 Å². The predicted octanol–water partition coefficient (Wildman–Crippen LogP) is 2.24. The van der Waals surface area contributed by atoms with Crippen molar-refractivity contribution in [2.75, 3.05) is 24.6 Å². The molecule has 1 saturated heterocycles. The summed E-state index contributed by atoms with van der Waals surface area (Å²) in [5, 5.41) is 21.6. The van der Waals surface area contributed by atoms with Crippen LogP contribution in [0.1, 0.15) is 6.42 Å². The van der Waals surface area contributed by atoms with E-state index in [4.69, 9.17) is 16.3 Å². The predicted molar refractivity (Wildman–Crippen MR) is 107 cm³/mol. The van der Waals surface area contributed by atoms with Crippen LogP contribution in [-0.4, -0.2) is 51.6 Å². The smallest absolute Gasteiger partial charge is 0.258 e. The molecule has 1 aliphatic heterocycles. The third-order valence-electron chi connectivity index (χ3n) is 5.24. The zero-order valence-electron chi connectivity index (χ0n) is 15.6. The standard InChI is InChI=1S/C20H18ClF2N3O4/c21-11-6-13(22)18(14(23)7-11)26-5-4-20(29,16(27)8-26)9-30-15-3-1-2-12-17(15)24-10-25-19(12)28/h1-3,6-7,10,16,27,29H,4-5,8-9H2,(H,24,25,28)/t16-,20-/m1/s1. The van der Waals surface area contributed by atoms with Gasteiger partial charge in [-0.1, -0.05) is 17.7 Å². The molecule has 7 nitrogen and oxygen atoms in total. The molecule has 1 aromatic heterocycles. The Balaban J connectivity index is 1.51. The Bertz CT molecular complexity index is 1140. The first-order chi connectivity index (χ1) is 14.3. The van der Waals surface area contributed by atoms with Crippen LogP contribution < -0.4 is 15.2 Å². The lowest BCUT2D eigenvalue weighted by molar-refractivity contribution is -0.108. The first kappa shape index (κ1) is 20.5. The number of β-amino-alcohol motifs (C(OH)–C–C–N with tert-alkyl or cyclic N) is 1. The summed E-state index contributed by atoms with van der Waals surface area (Å²) in [5.74, 6) is -1.42. The molecular weight excluding hydrogens is 420 g/mol. The average Bonchev–Trinajstić information content (AvgIpc) is 2.69. The van der Waals surface area contributed by atoms with Crippen molar-refractivity contribution in [3.8, 4) is 5.75 Å². The Morgan fingerprint density at radius 1 is 1.33 bits per heavy atom. The number of aliphatic hydroxyl groups is 2. The van der Waals surface area contributed by atoms with Crippen molar-refractivity contribution in [3.05, 3.63) is 63.7 Å². The number of halogens is 3. The number of benzene rings is 2. The molecule has 0 saturated carbocycles. The number of ether oxygens (including phenoxy) is 1. The minimum atomic E-state index is -1.65. The van der Waals surface area contributed by atoms with E-state index in [1.54, 1.807) is 18.2 Å². The summed E-state index contributed by atoms with van der Waals surface area (Å²) in [6.07, 6.45) is -0.101. The Labute approximate surface area is 174 Å². The molecule has 0 aliphatic carbocycles. The van der Waals surface area contributed by atoms with Crippen molar-refractivity contribution in [3.63, 3.8) is 0 Å². The van der Waals surface area contributed by atoms with Crippen LogP contribution in [0.4, 0.5) is 14.5 Å². The van der Waals surface area contributed by atoms with Gasteiger partial charge in [0.15, 0.2) is 11.6 Å². The molecular formula is C20H18ClF2N3O4. The highest BCUT2D eigenvalue weighted by atomic mass is 35.5. The largest absolute Gasteiger partial charge is 0.488 e. The number of aromatic nitrogens is 2. The number of rotatable bonds is 4. The van der Waals surface area contributed by atoms with Gasteiger partial charge < -0.3 is 24.8 Å². The SMILES string of the molecule is O=c1[nH]cnc2c(OC[C@]3(O)CCN(c4c(F)cc(Cl)cc4F)C[C@H]3O)cccc12. The molecule has 1 aliphatic rings. The van der Waals surface area contributed by atoms with Crippen molar-refractivity contribution < 1.29 is 23.7 Å². The lowest BCUT2D eigenvalue weighted by Crippen LogP contribution is -2.58. The summed E-state index contributed by atoms with van der Waals surface area (Å²) in [5.41, 5.74) is -1.97. The van der Waals surface area contributed by atoms with Crippen LogP contribution in [0, 0.1) is 11.6 Å². The fourth-order valence-corrected chi connectivity index (χ4v) is 3.76. The van der Waals surface area contributed by atoms with E-state index < -0.39 is 23.3 Å². The van der Waals surface area contributed by atoms with Gasteiger partial charge in [0.1, 0.15) is 35.3 Å². The number of piperidine rings is 1. The topological polar surface area (TPSA) is 98.7 Å². The molecule has 10 heteroatoms. The number of hydrogen-bond acceptors (Lipinski definition) is 6. The summed E-state index contributed by atoms with van der Waals surface area (Å²) in [7, 11) is 0. The number of hydrogen-bond donors (Lipinski definition) is 3. The van der Waals surface area contributed by atoms with Crippen LogP contribution in [0.3, 0.4) is 0 Å². The average molecular weight is 438 g/mol. The maximum absolute atomic E-state index is 14.2. The zero-order valence-corrected chi connectivity index (χ0v) is 16.4. The van der Waals surface area contributed by atoms with Gasteiger partial charge >= 0.3 is 0 Å². The molecule has 1 fully saturated rings. The summed E-state index contributed by atoms with van der Waals surface area (Å²) in [6, 6.07) is 6.78. The van der Waals surface area contributed by atoms with E-state index in [0.717, 1.165) is 12.1 Å². The van der Waals surface area contributed by atoms with E-state index in [-0.39, 0.29) is 48.1 Å². The highest BCUT2D eigenvalue weighted by molar-refractivity contribution is 6.30. The monoisotopic (exact) mass is 437 g/mol. The number of anilines is 1. The molecule has 2 atom stereocenters. The van der Waals surface area contributed by atoms with E-state index in [9.17, 15) is 23.8 Å². The van der Waals surface area contributed by atoms with Crippen molar-refractivity contribution in [2.45, 2.75) is 18.1 Å². The lowest BCUT2D eigenvalue weighted by Gasteiger charge is -2.42. The van der Waals surface area contributed by atoms with Gasteiger partial charge in [-0.05, 0) is 30.7 Å². The third kappa shape index (κ3) is 3.71. The van der Waals surface area contributed by atoms with Crippen molar-refractivity contribution >= 4 is 28.2 Å². The molecule has 0 radical (unpaired) electrons. The molecule has 0 amide bonds. The number of aromatic amines is 1. The molecule has 3 N–H and O–H groups in total. The maximum Gasteiger partial charge on any atom is 0.258 e. The highest BCUT2D eigenvalue weighted by Gasteiger charge is 2.42. The quantitative estimate of drug-likeness (QED) is 0.579. The fourth-order valence-electron chi connectivity index (χ4n) is 3.56. The van der Waals surface area contributed by atoms with E-state index in [0.29, 0.717) is 10.9 Å². The van der Waals surface area contributed by atoms with Gasteiger partial charge in [-0.3, -0.25) is 4.79 Å². The first-order valence-corrected chi connectivity index (χ1v) is 9.55. The summed E-state index contributed by atoms with van der Waals surface area (Å²) in [4.78, 5) is 19.8. The highest BCUT2D eigenvalue weighted by Crippen LogP contribution is 2.33. The van der Waals surface area contributed by atoms with Crippen LogP contribution in [0.15, 0.2) is 41.5 Å². The normalized spacial score (nSPS) is 21.8. The van der Waals surface area contributed by atoms with Crippen LogP contribution in [-0.2, 0) is 0 Å². The Kier molecular flexibility index (Phi) is 5.35. The van der Waals surface area contributed by atoms with Crippen molar-refractivity contribution in [1.29, 1.82) is 0 Å². The second-order valence-corrected chi connectivity index (χ2v) is 7.64. The molecule has 3 aromatic rings. The van der Waals surface area contributed by atoms with E-state index in [2.05, 4.69) is 9.97 Å².